The predicted octanol–water partition coefficient (Wildman–Crippen LogP) is 8.45. The first kappa shape index (κ1) is 63.9. The van der Waals surface area contributed by atoms with Gasteiger partial charge in [0, 0.05) is 101 Å². The monoisotopic (exact) mass is 1140 g/mol. The van der Waals surface area contributed by atoms with Crippen LogP contribution in [-0.4, -0.2) is 177 Å². The van der Waals surface area contributed by atoms with E-state index >= 15 is 9.59 Å². The number of aliphatic hydroxyl groups is 1. The second-order valence-electron chi connectivity index (χ2n) is 24.2. The van der Waals surface area contributed by atoms with Crippen LogP contribution in [0.25, 0.3) is 0 Å². The lowest BCUT2D eigenvalue weighted by atomic mass is 9.70. The number of carbonyl (C=O) groups is 3. The molecule has 0 spiro atoms. The van der Waals surface area contributed by atoms with Gasteiger partial charge in [-0.3, -0.25) is 24.3 Å². The molecule has 80 heavy (non-hydrogen) atoms. The molecule has 18 nitrogen and oxygen atoms in total. The molecule has 450 valence electrons. The minimum Gasteiger partial charge on any atom is -0.493 e. The molecule has 1 aromatic carbocycles. The molecule has 5 fully saturated rings. The fourth-order valence-corrected chi connectivity index (χ4v) is 15.1. The number of cyclic esters (lactones) is 1. The van der Waals surface area contributed by atoms with E-state index in [9.17, 15) is 9.90 Å². The summed E-state index contributed by atoms with van der Waals surface area (Å²) in [4.78, 5) is 54.1. The third kappa shape index (κ3) is 14.0. The minimum atomic E-state index is -1.42. The van der Waals surface area contributed by atoms with Crippen molar-refractivity contribution in [1.82, 2.24) is 9.88 Å². The lowest BCUT2D eigenvalue weighted by Gasteiger charge is -2.50. The van der Waals surface area contributed by atoms with E-state index in [2.05, 4.69) is 9.88 Å². The fourth-order valence-electron chi connectivity index (χ4n) is 13.6. The zero-order valence-electron chi connectivity index (χ0n) is 50.5. The molecule has 0 bridgehead atoms. The Labute approximate surface area is 480 Å². The molecule has 19 heteroatoms. The molecular weight excluding hydrogens is 1050 g/mol. The van der Waals surface area contributed by atoms with Gasteiger partial charge in [-0.25, -0.2) is 0 Å². The van der Waals surface area contributed by atoms with Gasteiger partial charge in [-0.05, 0) is 124 Å². The molecule has 4 aliphatic heterocycles. The van der Waals surface area contributed by atoms with Crippen molar-refractivity contribution >= 4 is 35.2 Å². The Hall–Kier alpha value is -3.63. The van der Waals surface area contributed by atoms with Crippen LogP contribution < -0.4 is 14.4 Å². The van der Waals surface area contributed by atoms with E-state index in [0.29, 0.717) is 36.8 Å². The van der Waals surface area contributed by atoms with Crippen LogP contribution in [0.2, 0.25) is 0 Å². The number of Topliss-reactive ketones (excluding diaryl/α,β-unsaturated/α-hetero) is 1. The Morgan fingerprint density at radius 2 is 1.52 bits per heavy atom. The number of esters is 2. The summed E-state index contributed by atoms with van der Waals surface area (Å²) < 4.78 is 71.6. The van der Waals surface area contributed by atoms with Gasteiger partial charge in [0.25, 0.3) is 0 Å². The highest BCUT2D eigenvalue weighted by Crippen LogP contribution is 2.50. The molecular formula is C61H95N3O15S. The van der Waals surface area contributed by atoms with Crippen molar-refractivity contribution in [2.24, 2.45) is 29.6 Å². The number of anilines is 1. The summed E-state index contributed by atoms with van der Waals surface area (Å²) >= 11 is 1.45. The first-order valence-corrected chi connectivity index (χ1v) is 30.2. The first-order valence-electron chi connectivity index (χ1n) is 29.1. The number of fused-ring (bicyclic) bond motifs is 1. The average Bonchev–Trinajstić information content (AvgIpc) is 4.10. The van der Waals surface area contributed by atoms with Gasteiger partial charge in [0.15, 0.2) is 29.7 Å². The van der Waals surface area contributed by atoms with Crippen LogP contribution in [0.4, 0.5) is 5.69 Å². The third-order valence-corrected chi connectivity index (χ3v) is 19.6. The van der Waals surface area contributed by atoms with E-state index in [1.54, 1.807) is 54.7 Å². The fraction of sp³-hybridized carbons (Fsp3) is 0.770. The number of ether oxygens (including phenoxy) is 11. The van der Waals surface area contributed by atoms with Gasteiger partial charge in [0.05, 0.1) is 66.9 Å². The SMILES string of the molecule is CC[C@H]1OC(=O)[C@H](C)[C@@H](O[C@H]2C[C@@](C)(OC)[C@@H](O)[C@H](C)O2)[C@H](C)[C@@H](O[C@@H]2O[C@H](C)C[C@@H](OC)[C@@H]2N(C)C)[C@](C)(OC)C[C@@H](C)C(=O)[C@H](C)[C@H]2[C@H](SCCN(Cc3ccncc3)c3ccc(OC)c(OC4CCCC4)c3)C(=O)O[C@@]21C. The summed E-state index contributed by atoms with van der Waals surface area (Å²) in [5.41, 5.74) is -1.71. The number of methoxy groups -OCH3 is 4. The topological polar surface area (TPSA) is 192 Å². The van der Waals surface area contributed by atoms with Crippen LogP contribution in [0.5, 0.6) is 11.5 Å². The number of thioether (sulfide) groups is 1. The highest BCUT2D eigenvalue weighted by Gasteiger charge is 2.62. The standard InChI is InChI=1S/C61H95N3O15S/c1-17-47-61(10)49(53(57(68)79-61)80-29-28-64(34-41-24-26-62-27-25-41)42-22-23-44(69-13)45(31-42)75-43-20-18-19-21-43)37(4)51(65)35(2)32-60(9,72-16)55(78-58-50(63(11)12)46(70-14)30-36(3)73-58)38(5)52(39(6)56(67)76-47)77-48-33-59(8,71-15)54(66)40(7)74-48/h22-27,31,35-40,43,46-50,52-55,58,66H,17-21,28-30,32-34H2,1-16H3/t35-,36-,37-,38+,39-,40+,46-,47-,48+,49+,50+,52+,53+,54+,55-,58+,59-,60-,61-/m1/s1. The van der Waals surface area contributed by atoms with Crippen molar-refractivity contribution in [3.8, 4) is 11.5 Å². The summed E-state index contributed by atoms with van der Waals surface area (Å²) in [5.74, 6) is -3.10. The van der Waals surface area contributed by atoms with Gasteiger partial charge < -0.3 is 62.1 Å². The summed E-state index contributed by atoms with van der Waals surface area (Å²) in [5, 5.41) is 10.5. The Morgan fingerprint density at radius 3 is 2.15 bits per heavy atom. The van der Waals surface area contributed by atoms with Crippen molar-refractivity contribution in [2.45, 2.75) is 217 Å². The van der Waals surface area contributed by atoms with Gasteiger partial charge >= 0.3 is 11.9 Å². The van der Waals surface area contributed by atoms with E-state index in [4.69, 9.17) is 52.1 Å². The number of hydrogen-bond acceptors (Lipinski definition) is 19. The first-order chi connectivity index (χ1) is 38.0. The summed E-state index contributed by atoms with van der Waals surface area (Å²) in [6.07, 6.45) is 2.41. The molecule has 1 aromatic heterocycles. The van der Waals surface area contributed by atoms with E-state index < -0.39 is 107 Å². The largest absolute Gasteiger partial charge is 0.493 e. The molecule has 4 saturated heterocycles. The number of rotatable bonds is 19. The number of pyridine rings is 1. The Morgan fingerprint density at radius 1 is 0.838 bits per heavy atom. The maximum Gasteiger partial charge on any atom is 0.320 e. The van der Waals surface area contributed by atoms with Crippen LogP contribution >= 0.6 is 11.8 Å². The Kier molecular flexibility index (Phi) is 21.9. The second-order valence-corrected chi connectivity index (χ2v) is 25.5. The van der Waals surface area contributed by atoms with Crippen LogP contribution in [0.1, 0.15) is 126 Å². The molecule has 1 aliphatic carbocycles. The lowest BCUT2D eigenvalue weighted by molar-refractivity contribution is -0.316. The van der Waals surface area contributed by atoms with Crippen LogP contribution in [0.15, 0.2) is 42.7 Å². The number of likely N-dealkylation sites (N-methyl/N-ethyl adjacent to an activating group) is 1. The zero-order chi connectivity index (χ0) is 58.4. The van der Waals surface area contributed by atoms with Gasteiger partial charge in [-0.2, -0.15) is 0 Å². The van der Waals surface area contributed by atoms with E-state index in [1.807, 2.05) is 105 Å². The minimum absolute atomic E-state index is 0.0956. The summed E-state index contributed by atoms with van der Waals surface area (Å²) in [6, 6.07) is 9.62. The maximum absolute atomic E-state index is 15.5. The smallest absolute Gasteiger partial charge is 0.320 e. The predicted molar refractivity (Wildman–Crippen MR) is 305 cm³/mol. The third-order valence-electron chi connectivity index (χ3n) is 18.4. The van der Waals surface area contributed by atoms with E-state index in [1.165, 1.54) is 11.8 Å². The molecule has 5 aliphatic rings. The van der Waals surface area contributed by atoms with Crippen molar-refractivity contribution in [2.75, 3.05) is 59.7 Å². The molecule has 1 saturated carbocycles. The average molecular weight is 1140 g/mol. The number of benzene rings is 1. The van der Waals surface area contributed by atoms with Crippen LogP contribution in [0.3, 0.4) is 0 Å². The number of nitrogens with zero attached hydrogens (tertiary/aromatic N) is 3. The maximum atomic E-state index is 15.5. The summed E-state index contributed by atoms with van der Waals surface area (Å²) in [6.45, 7) is 19.8. The quantitative estimate of drug-likeness (QED) is 0.132. The Balaban J connectivity index is 1.26. The lowest BCUT2D eigenvalue weighted by Crippen LogP contribution is -2.62. The molecule has 0 radical (unpaired) electrons. The summed E-state index contributed by atoms with van der Waals surface area (Å²) in [7, 11) is 10.4. The molecule has 19 atom stereocenters. The number of carbonyl (C=O) groups excluding carboxylic acids is 3. The molecule has 2 aromatic rings. The highest BCUT2D eigenvalue weighted by atomic mass is 32.2. The van der Waals surface area contributed by atoms with Gasteiger partial charge in [0.1, 0.15) is 23.2 Å². The molecule has 5 heterocycles. The molecule has 0 amide bonds. The van der Waals surface area contributed by atoms with Gasteiger partial charge in [-0.1, -0.05) is 27.7 Å². The number of aliphatic hydroxyl groups excluding tert-OH is 1. The zero-order valence-corrected chi connectivity index (χ0v) is 51.4. The van der Waals surface area contributed by atoms with Crippen molar-refractivity contribution in [3.05, 3.63) is 48.3 Å². The molecule has 1 N–H and O–H groups in total. The number of hydrogen-bond donors (Lipinski definition) is 1. The Bertz CT molecular complexity index is 2350. The van der Waals surface area contributed by atoms with Crippen molar-refractivity contribution in [3.63, 3.8) is 0 Å². The van der Waals surface area contributed by atoms with E-state index in [0.717, 1.165) is 36.9 Å². The number of ketones is 1. The molecule has 7 rings (SSSR count). The van der Waals surface area contributed by atoms with Crippen LogP contribution in [-0.2, 0) is 63.6 Å². The number of aromatic nitrogens is 1. The van der Waals surface area contributed by atoms with Gasteiger partial charge in [0.2, 0.25) is 0 Å². The van der Waals surface area contributed by atoms with Gasteiger partial charge in [-0.15, -0.1) is 11.8 Å². The normalized spacial score (nSPS) is 38.6. The molecule has 0 unspecified atom stereocenters. The van der Waals surface area contributed by atoms with E-state index in [-0.39, 0.29) is 49.4 Å². The highest BCUT2D eigenvalue weighted by molar-refractivity contribution is 8.00. The van der Waals surface area contributed by atoms with Crippen molar-refractivity contribution in [1.29, 1.82) is 0 Å². The second kappa shape index (κ2) is 27.4. The van der Waals surface area contributed by atoms with Crippen molar-refractivity contribution < 1.29 is 71.6 Å². The van der Waals surface area contributed by atoms with Crippen LogP contribution in [0, 0.1) is 29.6 Å².